The summed E-state index contributed by atoms with van der Waals surface area (Å²) in [4.78, 5) is 39.7. The Hall–Kier alpha value is -6.19. The molecule has 1 fully saturated rings. The normalized spacial score (nSPS) is 13.4. The fourth-order valence-electron chi connectivity index (χ4n) is 7.61. The monoisotopic (exact) mass is 1200 g/mol. The van der Waals surface area contributed by atoms with Crippen LogP contribution in [0.15, 0.2) is 91.0 Å². The number of benzene rings is 4. The predicted molar refractivity (Wildman–Crippen MR) is 308 cm³/mol. The molecule has 1 aliphatic rings. The van der Waals surface area contributed by atoms with Crippen molar-refractivity contribution in [3.8, 4) is 28.7 Å². The molecule has 85 heavy (non-hydrogen) atoms. The SMILES string of the molecule is COCCOC(=O)CCC(=O)OCC1(NC(=O)c2cc(OCCOCCOCCOCc3ccc(OC)cc3)c(OCCOCCOCCOCc3ccccc3)c(OCCOCCOCCOCc3ccc(OC)cc3)c2)COC(C)(C)OC1. The first-order valence-electron chi connectivity index (χ1n) is 28.5. The van der Waals surface area contributed by atoms with Gasteiger partial charge >= 0.3 is 11.9 Å². The quantitative estimate of drug-likeness (QED) is 0.0374. The Kier molecular flexibility index (Phi) is 34.2. The van der Waals surface area contributed by atoms with E-state index in [-0.39, 0.29) is 122 Å². The maximum absolute atomic E-state index is 14.5. The lowest BCUT2D eigenvalue weighted by Gasteiger charge is -2.43. The van der Waals surface area contributed by atoms with Crippen molar-refractivity contribution in [3.05, 3.63) is 113 Å². The molecule has 0 spiro atoms. The van der Waals surface area contributed by atoms with Crippen molar-refractivity contribution in [1.82, 2.24) is 5.32 Å². The fraction of sp³-hybridized carbons (Fsp3) is 0.565. The van der Waals surface area contributed by atoms with Gasteiger partial charge in [-0.2, -0.15) is 0 Å². The van der Waals surface area contributed by atoms with E-state index in [2.05, 4.69) is 5.32 Å². The number of carbonyl (C=O) groups excluding carboxylic acids is 3. The van der Waals surface area contributed by atoms with Crippen LogP contribution in [0.2, 0.25) is 0 Å². The van der Waals surface area contributed by atoms with Crippen molar-refractivity contribution in [1.29, 1.82) is 0 Å². The minimum atomic E-state index is -1.36. The number of nitrogens with one attached hydrogen (secondary N) is 1. The highest BCUT2D eigenvalue weighted by Gasteiger charge is 2.43. The van der Waals surface area contributed by atoms with Crippen molar-refractivity contribution in [2.75, 3.05) is 173 Å². The molecule has 1 aliphatic heterocycles. The first-order chi connectivity index (χ1) is 41.5. The van der Waals surface area contributed by atoms with Gasteiger partial charge in [-0.25, -0.2) is 0 Å². The topological polar surface area (TPSA) is 239 Å². The van der Waals surface area contributed by atoms with Gasteiger partial charge in [-0.3, -0.25) is 14.4 Å². The zero-order valence-electron chi connectivity index (χ0n) is 49.9. The molecular weight excluding hydrogens is 1110 g/mol. The summed E-state index contributed by atoms with van der Waals surface area (Å²) < 4.78 is 109. The molecule has 0 saturated carbocycles. The van der Waals surface area contributed by atoms with Crippen LogP contribution in [0, 0.1) is 0 Å². The first-order valence-corrected chi connectivity index (χ1v) is 28.5. The van der Waals surface area contributed by atoms with Crippen LogP contribution in [-0.4, -0.2) is 202 Å². The Morgan fingerprint density at radius 3 is 1.26 bits per heavy atom. The third-order valence-corrected chi connectivity index (χ3v) is 12.3. The van der Waals surface area contributed by atoms with Gasteiger partial charge in [0.25, 0.3) is 5.91 Å². The minimum absolute atomic E-state index is 0.0426. The summed E-state index contributed by atoms with van der Waals surface area (Å²) in [6.45, 7) is 9.44. The number of methoxy groups -OCH3 is 3. The van der Waals surface area contributed by atoms with E-state index in [4.69, 9.17) is 90.0 Å². The fourth-order valence-corrected chi connectivity index (χ4v) is 7.61. The summed E-state index contributed by atoms with van der Waals surface area (Å²) >= 11 is 0. The number of hydrogen-bond donors (Lipinski definition) is 1. The van der Waals surface area contributed by atoms with Crippen LogP contribution in [0.1, 0.15) is 53.7 Å². The second-order valence-corrected chi connectivity index (χ2v) is 19.4. The predicted octanol–water partition coefficient (Wildman–Crippen LogP) is 6.35. The highest BCUT2D eigenvalue weighted by atomic mass is 16.7. The standard InChI is InChI=1S/C62H87NO22/c1-61(2)84-47-62(48-85-61,46-83-58(65)20-19-57(64)81-37-21-67-3)63-60(66)52-41-55(79-38-34-73-25-22-70-29-32-77-44-50-11-15-53(68-4)16-12-50)59(82-40-36-75-27-24-72-28-31-76-43-49-9-7-6-8-10-49)56(42-52)80-39-35-74-26-23-71-30-33-78-45-51-13-17-54(69-5)18-14-51/h6-18,41-42H,19-40,43-48H2,1-5H3,(H,63,66). The number of ether oxygens (including phenoxy) is 19. The lowest BCUT2D eigenvalue weighted by atomic mass is 10.00. The Balaban J connectivity index is 1.21. The van der Waals surface area contributed by atoms with Gasteiger partial charge < -0.3 is 95.3 Å². The van der Waals surface area contributed by atoms with Gasteiger partial charge in [0.15, 0.2) is 17.3 Å². The third kappa shape index (κ3) is 29.6. The van der Waals surface area contributed by atoms with Gasteiger partial charge in [-0.05, 0) is 66.9 Å². The minimum Gasteiger partial charge on any atom is -0.497 e. The molecule has 0 bridgehead atoms. The van der Waals surface area contributed by atoms with Crippen molar-refractivity contribution in [2.45, 2.75) is 57.8 Å². The van der Waals surface area contributed by atoms with Gasteiger partial charge in [0.1, 0.15) is 50.1 Å². The van der Waals surface area contributed by atoms with E-state index in [1.165, 1.54) is 19.2 Å². The zero-order valence-corrected chi connectivity index (χ0v) is 49.9. The van der Waals surface area contributed by atoms with Crippen LogP contribution >= 0.6 is 0 Å². The second kappa shape index (κ2) is 41.8. The first kappa shape index (κ1) is 69.6. The van der Waals surface area contributed by atoms with E-state index >= 15 is 0 Å². The Bertz CT molecular complexity index is 2330. The van der Waals surface area contributed by atoms with Crippen LogP contribution in [0.3, 0.4) is 0 Å². The van der Waals surface area contributed by atoms with Crippen molar-refractivity contribution in [2.24, 2.45) is 0 Å². The molecule has 23 nitrogen and oxygen atoms in total. The van der Waals surface area contributed by atoms with Crippen LogP contribution < -0.4 is 29.0 Å². The average molecular weight is 1200 g/mol. The van der Waals surface area contributed by atoms with E-state index in [0.717, 1.165) is 28.2 Å². The number of hydrogen-bond acceptors (Lipinski definition) is 22. The lowest BCUT2D eigenvalue weighted by molar-refractivity contribution is -0.274. The molecule has 4 aromatic carbocycles. The zero-order chi connectivity index (χ0) is 60.5. The van der Waals surface area contributed by atoms with Crippen LogP contribution in [0.5, 0.6) is 28.7 Å². The third-order valence-electron chi connectivity index (χ3n) is 12.3. The van der Waals surface area contributed by atoms with Crippen LogP contribution in [0.4, 0.5) is 0 Å². The largest absolute Gasteiger partial charge is 0.497 e. The maximum atomic E-state index is 14.5. The molecule has 0 radical (unpaired) electrons. The molecule has 472 valence electrons. The number of amides is 1. The highest BCUT2D eigenvalue weighted by molar-refractivity contribution is 5.96. The Labute approximate surface area is 499 Å². The summed E-state index contributed by atoms with van der Waals surface area (Å²) in [6.07, 6.45) is -0.471. The summed E-state index contributed by atoms with van der Waals surface area (Å²) in [6, 6.07) is 28.2. The summed E-state index contributed by atoms with van der Waals surface area (Å²) in [7, 11) is 4.73. The highest BCUT2D eigenvalue weighted by Crippen LogP contribution is 2.39. The van der Waals surface area contributed by atoms with Gasteiger partial charge in [-0.15, -0.1) is 0 Å². The maximum Gasteiger partial charge on any atom is 0.306 e. The molecular formula is C62H87NO22. The van der Waals surface area contributed by atoms with Gasteiger partial charge in [0.2, 0.25) is 5.75 Å². The molecule has 0 aromatic heterocycles. The van der Waals surface area contributed by atoms with Crippen molar-refractivity contribution >= 4 is 17.8 Å². The van der Waals surface area contributed by atoms with Crippen molar-refractivity contribution in [3.63, 3.8) is 0 Å². The Morgan fingerprint density at radius 1 is 0.447 bits per heavy atom. The summed E-state index contributed by atoms with van der Waals surface area (Å²) in [5.41, 5.74) is 1.87. The van der Waals surface area contributed by atoms with E-state index in [1.807, 2.05) is 78.9 Å². The van der Waals surface area contributed by atoms with Crippen LogP contribution in [0.25, 0.3) is 0 Å². The molecule has 1 amide bonds. The van der Waals surface area contributed by atoms with E-state index in [0.29, 0.717) is 85.9 Å². The second-order valence-electron chi connectivity index (χ2n) is 19.4. The van der Waals surface area contributed by atoms with Gasteiger partial charge in [0.05, 0.1) is 166 Å². The molecule has 0 atom stereocenters. The molecule has 1 N–H and O–H groups in total. The van der Waals surface area contributed by atoms with Gasteiger partial charge in [-0.1, -0.05) is 54.6 Å². The molecule has 1 saturated heterocycles. The lowest BCUT2D eigenvalue weighted by Crippen LogP contribution is -2.63. The molecule has 0 aliphatic carbocycles. The van der Waals surface area contributed by atoms with Gasteiger partial charge in [0, 0.05) is 12.7 Å². The molecule has 1 heterocycles. The molecule has 4 aromatic rings. The van der Waals surface area contributed by atoms with Crippen LogP contribution in [-0.2, 0) is 95.7 Å². The molecule has 0 unspecified atom stereocenters. The van der Waals surface area contributed by atoms with E-state index in [9.17, 15) is 14.4 Å². The van der Waals surface area contributed by atoms with E-state index in [1.54, 1.807) is 28.1 Å². The van der Waals surface area contributed by atoms with Crippen molar-refractivity contribution < 1.29 is 104 Å². The molecule has 5 rings (SSSR count). The summed E-state index contributed by atoms with van der Waals surface area (Å²) in [5, 5.41) is 2.98. The average Bonchev–Trinajstić information content (AvgIpc) is 3.68. The number of esters is 2. The number of rotatable bonds is 48. The smallest absolute Gasteiger partial charge is 0.306 e. The summed E-state index contributed by atoms with van der Waals surface area (Å²) in [5.74, 6) is -0.811. The molecule has 23 heteroatoms. The number of carbonyl (C=O) groups is 3. The Morgan fingerprint density at radius 2 is 0.835 bits per heavy atom. The van der Waals surface area contributed by atoms with E-state index < -0.39 is 29.2 Å².